The van der Waals surface area contributed by atoms with Gasteiger partial charge >= 0.3 is 0 Å². The van der Waals surface area contributed by atoms with E-state index in [1.54, 1.807) is 0 Å². The summed E-state index contributed by atoms with van der Waals surface area (Å²) in [4.78, 5) is 8.23. The Kier molecular flexibility index (Phi) is 3.19. The summed E-state index contributed by atoms with van der Waals surface area (Å²) in [7, 11) is 0. The number of halogens is 2. The highest BCUT2D eigenvalue weighted by Crippen LogP contribution is 2.19. The molecule has 0 aromatic carbocycles. The third-order valence-electron chi connectivity index (χ3n) is 1.90. The predicted molar refractivity (Wildman–Crippen MR) is 62.9 cm³/mol. The van der Waals surface area contributed by atoms with Crippen LogP contribution >= 0.6 is 23.2 Å². The highest BCUT2D eigenvalue weighted by Gasteiger charge is 2.05. The van der Waals surface area contributed by atoms with Crippen LogP contribution in [0.1, 0.15) is 12.2 Å². The Morgan fingerprint density at radius 2 is 1.80 bits per heavy atom. The van der Waals surface area contributed by atoms with Gasteiger partial charge in [-0.3, -0.25) is 0 Å². The molecule has 0 radical (unpaired) electrons. The number of allylic oxidation sites excluding steroid dienone is 6. The Labute approximate surface area is 98.0 Å². The third-order valence-corrected chi connectivity index (χ3v) is 2.29. The van der Waals surface area contributed by atoms with Crippen LogP contribution in [0.15, 0.2) is 36.4 Å². The lowest BCUT2D eigenvalue weighted by atomic mass is 10.2. The molecule has 0 bridgehead atoms. The molecule has 0 saturated heterocycles. The minimum atomic E-state index is 0.354. The number of rotatable bonds is 1. The Balaban J connectivity index is 2.44. The topological polar surface area (TPSA) is 25.8 Å². The van der Waals surface area contributed by atoms with Crippen molar-refractivity contribution in [2.24, 2.45) is 0 Å². The third kappa shape index (κ3) is 2.67. The van der Waals surface area contributed by atoms with Crippen molar-refractivity contribution in [1.29, 1.82) is 0 Å². The van der Waals surface area contributed by atoms with Crippen molar-refractivity contribution in [3.63, 3.8) is 0 Å². The van der Waals surface area contributed by atoms with E-state index in [9.17, 15) is 0 Å². The molecule has 1 aliphatic carbocycles. The first-order valence-electron chi connectivity index (χ1n) is 4.49. The van der Waals surface area contributed by atoms with Gasteiger partial charge in [0.2, 0.25) is 0 Å². The van der Waals surface area contributed by atoms with Gasteiger partial charge in [0.1, 0.15) is 10.3 Å². The van der Waals surface area contributed by atoms with Gasteiger partial charge in [0.25, 0.3) is 0 Å². The number of aromatic nitrogens is 2. The van der Waals surface area contributed by atoms with Crippen molar-refractivity contribution in [1.82, 2.24) is 9.97 Å². The van der Waals surface area contributed by atoms with Gasteiger partial charge in [0.15, 0.2) is 5.82 Å². The molecule has 0 aliphatic heterocycles. The first kappa shape index (κ1) is 10.4. The van der Waals surface area contributed by atoms with Crippen LogP contribution in [0.5, 0.6) is 0 Å². The lowest BCUT2D eigenvalue weighted by Crippen LogP contribution is -1.93. The summed E-state index contributed by atoms with van der Waals surface area (Å²) in [5.74, 6) is 0.551. The van der Waals surface area contributed by atoms with Crippen molar-refractivity contribution in [3.05, 3.63) is 52.6 Å². The number of nitrogens with zero attached hydrogens (tertiary/aromatic N) is 2. The summed E-state index contributed by atoms with van der Waals surface area (Å²) in [6, 6.07) is 1.52. The van der Waals surface area contributed by atoms with Gasteiger partial charge in [-0.15, -0.1) is 0 Å². The first-order chi connectivity index (χ1) is 7.25. The SMILES string of the molecule is Clc1cc(Cl)nc(C2=CC=CCC=C2)n1. The quantitative estimate of drug-likeness (QED) is 0.698. The summed E-state index contributed by atoms with van der Waals surface area (Å²) < 4.78 is 0. The smallest absolute Gasteiger partial charge is 0.162 e. The molecule has 2 nitrogen and oxygen atoms in total. The molecule has 15 heavy (non-hydrogen) atoms. The normalized spacial score (nSPS) is 14.9. The van der Waals surface area contributed by atoms with Crippen molar-refractivity contribution in [2.75, 3.05) is 0 Å². The zero-order chi connectivity index (χ0) is 10.7. The maximum Gasteiger partial charge on any atom is 0.162 e. The van der Waals surface area contributed by atoms with Crippen molar-refractivity contribution < 1.29 is 0 Å². The zero-order valence-electron chi connectivity index (χ0n) is 7.82. The van der Waals surface area contributed by atoms with Crippen LogP contribution in [0.25, 0.3) is 5.57 Å². The Morgan fingerprint density at radius 3 is 2.53 bits per heavy atom. The fourth-order valence-corrected chi connectivity index (χ4v) is 1.67. The van der Waals surface area contributed by atoms with E-state index in [4.69, 9.17) is 23.2 Å². The molecule has 0 saturated carbocycles. The molecular weight excluding hydrogens is 231 g/mol. The fraction of sp³-hybridized carbons (Fsp3) is 0.0909. The van der Waals surface area contributed by atoms with E-state index in [0.29, 0.717) is 16.1 Å². The molecule has 1 heterocycles. The van der Waals surface area contributed by atoms with Gasteiger partial charge in [0, 0.05) is 11.6 Å². The van der Waals surface area contributed by atoms with E-state index < -0.39 is 0 Å². The molecule has 0 spiro atoms. The van der Waals surface area contributed by atoms with E-state index in [2.05, 4.69) is 16.0 Å². The monoisotopic (exact) mass is 238 g/mol. The molecule has 0 unspecified atom stereocenters. The highest BCUT2D eigenvalue weighted by atomic mass is 35.5. The fourth-order valence-electron chi connectivity index (χ4n) is 1.25. The molecule has 1 aliphatic rings. The standard InChI is InChI=1S/C11H8Cl2N2/c12-9-7-10(13)15-11(14-9)8-5-3-1-2-4-6-8/h1,3-7H,2H2. The van der Waals surface area contributed by atoms with E-state index in [-0.39, 0.29) is 0 Å². The zero-order valence-corrected chi connectivity index (χ0v) is 9.33. The van der Waals surface area contributed by atoms with Crippen LogP contribution in [-0.4, -0.2) is 9.97 Å². The molecule has 2 rings (SSSR count). The Bertz CT molecular complexity index is 441. The Morgan fingerprint density at radius 1 is 1.07 bits per heavy atom. The van der Waals surface area contributed by atoms with Gasteiger partial charge in [0.05, 0.1) is 0 Å². The average Bonchev–Trinajstić information content (AvgIpc) is 2.43. The minimum Gasteiger partial charge on any atom is -0.216 e. The second-order valence-corrected chi connectivity index (χ2v) is 3.80. The minimum absolute atomic E-state index is 0.354. The lowest BCUT2D eigenvalue weighted by molar-refractivity contribution is 1.12. The second-order valence-electron chi connectivity index (χ2n) is 3.03. The van der Waals surface area contributed by atoms with Crippen LogP contribution in [0, 0.1) is 0 Å². The van der Waals surface area contributed by atoms with Crippen LogP contribution in [-0.2, 0) is 0 Å². The highest BCUT2D eigenvalue weighted by molar-refractivity contribution is 6.33. The molecule has 0 atom stereocenters. The van der Waals surface area contributed by atoms with Crippen LogP contribution in [0.3, 0.4) is 0 Å². The van der Waals surface area contributed by atoms with E-state index in [1.807, 2.05) is 24.3 Å². The van der Waals surface area contributed by atoms with Gasteiger partial charge in [-0.2, -0.15) is 0 Å². The molecule has 4 heteroatoms. The summed E-state index contributed by atoms with van der Waals surface area (Å²) in [5, 5.41) is 0.708. The van der Waals surface area contributed by atoms with Crippen molar-refractivity contribution >= 4 is 28.8 Å². The van der Waals surface area contributed by atoms with Gasteiger partial charge in [-0.1, -0.05) is 53.6 Å². The van der Waals surface area contributed by atoms with Gasteiger partial charge in [-0.25, -0.2) is 9.97 Å². The predicted octanol–water partition coefficient (Wildman–Crippen LogP) is 3.68. The largest absolute Gasteiger partial charge is 0.216 e. The second kappa shape index (κ2) is 4.60. The van der Waals surface area contributed by atoms with Crippen LogP contribution in [0.4, 0.5) is 0 Å². The van der Waals surface area contributed by atoms with Crippen LogP contribution in [0.2, 0.25) is 10.3 Å². The lowest BCUT2D eigenvalue weighted by Gasteiger charge is -2.00. The molecule has 0 amide bonds. The first-order valence-corrected chi connectivity index (χ1v) is 5.25. The van der Waals surface area contributed by atoms with Crippen LogP contribution < -0.4 is 0 Å². The molecule has 1 aromatic rings. The van der Waals surface area contributed by atoms with Crippen molar-refractivity contribution in [2.45, 2.75) is 6.42 Å². The molecular formula is C11H8Cl2N2. The van der Waals surface area contributed by atoms with E-state index in [1.165, 1.54) is 6.07 Å². The van der Waals surface area contributed by atoms with E-state index >= 15 is 0 Å². The average molecular weight is 239 g/mol. The maximum atomic E-state index is 5.81. The summed E-state index contributed by atoms with van der Waals surface area (Å²) in [5.41, 5.74) is 0.910. The summed E-state index contributed by atoms with van der Waals surface area (Å²) in [6.45, 7) is 0. The van der Waals surface area contributed by atoms with Gasteiger partial charge < -0.3 is 0 Å². The number of hydrogen-bond acceptors (Lipinski definition) is 2. The Hall–Kier alpha value is -1.12. The maximum absolute atomic E-state index is 5.81. The van der Waals surface area contributed by atoms with Crippen molar-refractivity contribution in [3.8, 4) is 0 Å². The molecule has 0 N–H and O–H groups in total. The van der Waals surface area contributed by atoms with Gasteiger partial charge in [-0.05, 0) is 6.42 Å². The summed E-state index contributed by atoms with van der Waals surface area (Å²) in [6.07, 6.45) is 10.9. The molecule has 1 aromatic heterocycles. The molecule has 0 fully saturated rings. The summed E-state index contributed by atoms with van der Waals surface area (Å²) >= 11 is 11.6. The number of hydrogen-bond donors (Lipinski definition) is 0. The molecule has 76 valence electrons. The van der Waals surface area contributed by atoms with E-state index in [0.717, 1.165) is 12.0 Å².